The molecule has 0 aliphatic carbocycles. The Balaban J connectivity index is 2.06. The number of anilines is 1. The van der Waals surface area contributed by atoms with Crippen LogP contribution in [0.5, 0.6) is 0 Å². The number of carboxylic acids is 1. The average Bonchev–Trinajstić information content (AvgIpc) is 2.84. The molecule has 0 radical (unpaired) electrons. The second-order valence-electron chi connectivity index (χ2n) is 5.28. The van der Waals surface area contributed by atoms with Crippen molar-refractivity contribution in [3.05, 3.63) is 46.8 Å². The van der Waals surface area contributed by atoms with Gasteiger partial charge in [-0.05, 0) is 43.5 Å². The molecule has 2 N–H and O–H groups in total. The molecule has 0 unspecified atom stereocenters. The zero-order chi connectivity index (χ0) is 16.3. The van der Waals surface area contributed by atoms with Gasteiger partial charge in [0.25, 0.3) is 0 Å². The first kappa shape index (κ1) is 15.8. The van der Waals surface area contributed by atoms with Crippen molar-refractivity contribution in [1.82, 2.24) is 9.78 Å². The molecule has 0 aliphatic heterocycles. The molecule has 1 aromatic carbocycles. The van der Waals surface area contributed by atoms with Crippen LogP contribution >= 0.6 is 0 Å². The summed E-state index contributed by atoms with van der Waals surface area (Å²) in [6.45, 7) is 3.58. The zero-order valence-electron chi connectivity index (χ0n) is 12.9. The summed E-state index contributed by atoms with van der Waals surface area (Å²) >= 11 is 0. The summed E-state index contributed by atoms with van der Waals surface area (Å²) in [7, 11) is 1.83. The Bertz CT molecular complexity index is 719. The summed E-state index contributed by atoms with van der Waals surface area (Å²) in [5.74, 6) is -1.15. The van der Waals surface area contributed by atoms with Crippen LogP contribution in [0, 0.1) is 13.8 Å². The minimum absolute atomic E-state index is 0.149. The van der Waals surface area contributed by atoms with Crippen molar-refractivity contribution >= 4 is 17.6 Å². The van der Waals surface area contributed by atoms with Gasteiger partial charge < -0.3 is 10.4 Å². The van der Waals surface area contributed by atoms with E-state index in [-0.39, 0.29) is 11.5 Å². The van der Waals surface area contributed by atoms with Gasteiger partial charge in [-0.3, -0.25) is 9.48 Å². The Morgan fingerprint density at radius 1 is 1.27 bits per heavy atom. The number of benzene rings is 1. The zero-order valence-corrected chi connectivity index (χ0v) is 12.9. The van der Waals surface area contributed by atoms with Gasteiger partial charge in [0.2, 0.25) is 5.91 Å². The quantitative estimate of drug-likeness (QED) is 0.887. The highest BCUT2D eigenvalue weighted by molar-refractivity contribution is 5.95. The maximum atomic E-state index is 12.0. The van der Waals surface area contributed by atoms with E-state index in [4.69, 9.17) is 5.11 Å². The molecule has 1 amide bonds. The van der Waals surface area contributed by atoms with Gasteiger partial charge in [-0.25, -0.2) is 4.79 Å². The van der Waals surface area contributed by atoms with E-state index < -0.39 is 5.97 Å². The van der Waals surface area contributed by atoms with E-state index >= 15 is 0 Å². The molecule has 0 fully saturated rings. The lowest BCUT2D eigenvalue weighted by Gasteiger charge is -2.11. The maximum Gasteiger partial charge on any atom is 0.336 e. The largest absolute Gasteiger partial charge is 0.478 e. The number of amides is 1. The van der Waals surface area contributed by atoms with Crippen molar-refractivity contribution in [2.75, 3.05) is 5.32 Å². The minimum atomic E-state index is -0.997. The average molecular weight is 301 g/mol. The van der Waals surface area contributed by atoms with Crippen molar-refractivity contribution in [3.8, 4) is 0 Å². The van der Waals surface area contributed by atoms with Crippen molar-refractivity contribution < 1.29 is 14.7 Å². The van der Waals surface area contributed by atoms with Gasteiger partial charge >= 0.3 is 5.97 Å². The SMILES string of the molecule is Cc1cc(C)c(C(=O)O)cc1NC(=O)CCc1ccnn1C. The Kier molecular flexibility index (Phi) is 4.60. The predicted octanol–water partition coefficient (Wildman–Crippen LogP) is 2.31. The van der Waals surface area contributed by atoms with Crippen LogP contribution in [0.25, 0.3) is 0 Å². The Morgan fingerprint density at radius 2 is 2.00 bits per heavy atom. The fraction of sp³-hybridized carbons (Fsp3) is 0.312. The van der Waals surface area contributed by atoms with Gasteiger partial charge in [0, 0.05) is 31.0 Å². The fourth-order valence-electron chi connectivity index (χ4n) is 2.32. The minimum Gasteiger partial charge on any atom is -0.478 e. The topological polar surface area (TPSA) is 84.2 Å². The van der Waals surface area contributed by atoms with E-state index in [9.17, 15) is 9.59 Å². The number of aromatic nitrogens is 2. The lowest BCUT2D eigenvalue weighted by Crippen LogP contribution is -2.15. The Hall–Kier alpha value is -2.63. The first-order valence-electron chi connectivity index (χ1n) is 6.99. The van der Waals surface area contributed by atoms with E-state index in [0.717, 1.165) is 11.3 Å². The number of aryl methyl sites for hydroxylation is 4. The molecule has 116 valence electrons. The van der Waals surface area contributed by atoms with E-state index in [2.05, 4.69) is 10.4 Å². The molecule has 0 saturated heterocycles. The number of carboxylic acid groups (broad SMARTS) is 1. The van der Waals surface area contributed by atoms with Crippen LogP contribution in [0.4, 0.5) is 5.69 Å². The molecule has 2 rings (SSSR count). The van der Waals surface area contributed by atoms with Crippen molar-refractivity contribution in [2.45, 2.75) is 26.7 Å². The third kappa shape index (κ3) is 3.52. The van der Waals surface area contributed by atoms with Crippen molar-refractivity contribution in [3.63, 3.8) is 0 Å². The molecule has 22 heavy (non-hydrogen) atoms. The number of hydrogen-bond acceptors (Lipinski definition) is 3. The van der Waals surface area contributed by atoms with Crippen molar-refractivity contribution in [2.24, 2.45) is 7.05 Å². The Morgan fingerprint density at radius 3 is 2.59 bits per heavy atom. The van der Waals surface area contributed by atoms with Crippen molar-refractivity contribution in [1.29, 1.82) is 0 Å². The third-order valence-electron chi connectivity index (χ3n) is 3.61. The molecular weight excluding hydrogens is 282 g/mol. The molecular formula is C16H19N3O3. The normalized spacial score (nSPS) is 10.5. The molecule has 1 aromatic heterocycles. The molecule has 0 saturated carbocycles. The number of carbonyl (C=O) groups is 2. The van der Waals surface area contributed by atoms with Crippen LogP contribution in [0.1, 0.15) is 33.6 Å². The highest BCUT2D eigenvalue weighted by Gasteiger charge is 2.12. The van der Waals surface area contributed by atoms with Crippen LogP contribution in [-0.4, -0.2) is 26.8 Å². The molecule has 6 nitrogen and oxygen atoms in total. The molecule has 0 atom stereocenters. The summed E-state index contributed by atoms with van der Waals surface area (Å²) in [6, 6.07) is 5.14. The third-order valence-corrected chi connectivity index (χ3v) is 3.61. The summed E-state index contributed by atoms with van der Waals surface area (Å²) in [5.41, 5.74) is 3.24. The molecule has 1 heterocycles. The van der Waals surface area contributed by atoms with Crippen LogP contribution in [-0.2, 0) is 18.3 Å². The van der Waals surface area contributed by atoms with Gasteiger partial charge in [-0.15, -0.1) is 0 Å². The number of nitrogens with zero attached hydrogens (tertiary/aromatic N) is 2. The summed E-state index contributed by atoms with van der Waals surface area (Å²) in [4.78, 5) is 23.2. The highest BCUT2D eigenvalue weighted by Crippen LogP contribution is 2.21. The number of aromatic carboxylic acids is 1. The van der Waals surface area contributed by atoms with E-state index in [1.165, 1.54) is 6.07 Å². The summed E-state index contributed by atoms with van der Waals surface area (Å²) < 4.78 is 1.73. The molecule has 6 heteroatoms. The second-order valence-corrected chi connectivity index (χ2v) is 5.28. The molecule has 0 spiro atoms. The first-order valence-corrected chi connectivity index (χ1v) is 6.99. The number of nitrogens with one attached hydrogen (secondary N) is 1. The van der Waals surface area contributed by atoms with Crippen LogP contribution in [0.3, 0.4) is 0 Å². The van der Waals surface area contributed by atoms with Gasteiger partial charge in [-0.2, -0.15) is 5.10 Å². The summed E-state index contributed by atoms with van der Waals surface area (Å²) in [6.07, 6.45) is 2.59. The lowest BCUT2D eigenvalue weighted by atomic mass is 10.0. The van der Waals surface area contributed by atoms with Crippen LogP contribution < -0.4 is 5.32 Å². The molecule has 2 aromatic rings. The number of rotatable bonds is 5. The number of hydrogen-bond donors (Lipinski definition) is 2. The molecule has 0 aliphatic rings. The first-order chi connectivity index (χ1) is 10.4. The lowest BCUT2D eigenvalue weighted by molar-refractivity contribution is -0.116. The van der Waals surface area contributed by atoms with E-state index in [1.807, 2.05) is 20.0 Å². The van der Waals surface area contributed by atoms with Crippen LogP contribution in [0.2, 0.25) is 0 Å². The Labute approximate surface area is 128 Å². The van der Waals surface area contributed by atoms with E-state index in [1.54, 1.807) is 23.9 Å². The fourth-order valence-corrected chi connectivity index (χ4v) is 2.32. The van der Waals surface area contributed by atoms with Gasteiger partial charge in [0.05, 0.1) is 5.56 Å². The second kappa shape index (κ2) is 6.43. The number of carbonyl (C=O) groups excluding carboxylic acids is 1. The monoisotopic (exact) mass is 301 g/mol. The van der Waals surface area contributed by atoms with Gasteiger partial charge in [0.1, 0.15) is 0 Å². The predicted molar refractivity (Wildman–Crippen MR) is 83.0 cm³/mol. The van der Waals surface area contributed by atoms with Gasteiger partial charge in [-0.1, -0.05) is 6.07 Å². The van der Waals surface area contributed by atoms with Gasteiger partial charge in [0.15, 0.2) is 0 Å². The standard InChI is InChI=1S/C16H19N3O3/c1-10-8-11(2)14(9-13(10)16(21)22)18-15(20)5-4-12-6-7-17-19(12)3/h6-9H,4-5H2,1-3H3,(H,18,20)(H,21,22). The maximum absolute atomic E-state index is 12.0. The molecule has 0 bridgehead atoms. The smallest absolute Gasteiger partial charge is 0.336 e. The van der Waals surface area contributed by atoms with E-state index in [0.29, 0.717) is 24.1 Å². The highest BCUT2D eigenvalue weighted by atomic mass is 16.4. The summed E-state index contributed by atoms with van der Waals surface area (Å²) in [5, 5.41) is 16.0. The van der Waals surface area contributed by atoms with Crippen LogP contribution in [0.15, 0.2) is 24.4 Å².